The summed E-state index contributed by atoms with van der Waals surface area (Å²) in [6, 6.07) is 3.11. The van der Waals surface area contributed by atoms with E-state index < -0.39 is 6.04 Å². The van der Waals surface area contributed by atoms with Crippen molar-refractivity contribution >= 4 is 17.5 Å². The summed E-state index contributed by atoms with van der Waals surface area (Å²) in [4.78, 5) is 15.6. The third-order valence-electron chi connectivity index (χ3n) is 2.06. The molecule has 0 aromatic carbocycles. The van der Waals surface area contributed by atoms with E-state index in [1.54, 1.807) is 19.9 Å². The molecule has 88 valence electrons. The summed E-state index contributed by atoms with van der Waals surface area (Å²) < 4.78 is 4.88. The van der Waals surface area contributed by atoms with E-state index in [9.17, 15) is 4.79 Å². The number of nitrogen functional groups attached to an aromatic ring is 1. The van der Waals surface area contributed by atoms with Gasteiger partial charge in [-0.05, 0) is 32.9 Å². The highest BCUT2D eigenvalue weighted by molar-refractivity contribution is 5.79. The van der Waals surface area contributed by atoms with Gasteiger partial charge in [0.1, 0.15) is 11.9 Å². The lowest BCUT2D eigenvalue weighted by atomic mass is 10.3. The van der Waals surface area contributed by atoms with Gasteiger partial charge in [-0.1, -0.05) is 0 Å². The van der Waals surface area contributed by atoms with Gasteiger partial charge in [0.05, 0.1) is 12.3 Å². The molecule has 0 saturated heterocycles. The van der Waals surface area contributed by atoms with Gasteiger partial charge in [0, 0.05) is 5.69 Å². The first kappa shape index (κ1) is 12.3. The largest absolute Gasteiger partial charge is 0.464 e. The number of esters is 1. The van der Waals surface area contributed by atoms with E-state index in [1.165, 1.54) is 0 Å². The fourth-order valence-corrected chi connectivity index (χ4v) is 1.21. The first-order valence-electron chi connectivity index (χ1n) is 5.21. The number of anilines is 2. The Morgan fingerprint density at radius 2 is 2.31 bits per heavy atom. The molecule has 0 aliphatic carbocycles. The van der Waals surface area contributed by atoms with E-state index in [4.69, 9.17) is 10.5 Å². The average molecular weight is 223 g/mol. The number of ether oxygens (including phenoxy) is 1. The van der Waals surface area contributed by atoms with Crippen LogP contribution in [0.4, 0.5) is 11.5 Å². The van der Waals surface area contributed by atoms with Gasteiger partial charge < -0.3 is 15.8 Å². The number of aromatic nitrogens is 1. The third-order valence-corrected chi connectivity index (χ3v) is 2.06. The van der Waals surface area contributed by atoms with Crippen molar-refractivity contribution in [1.82, 2.24) is 4.98 Å². The van der Waals surface area contributed by atoms with Gasteiger partial charge >= 0.3 is 5.97 Å². The molecule has 16 heavy (non-hydrogen) atoms. The first-order chi connectivity index (χ1) is 7.54. The molecule has 0 saturated carbocycles. The van der Waals surface area contributed by atoms with Gasteiger partial charge in [-0.25, -0.2) is 9.78 Å². The maximum atomic E-state index is 11.4. The van der Waals surface area contributed by atoms with Crippen molar-refractivity contribution in [1.29, 1.82) is 0 Å². The van der Waals surface area contributed by atoms with E-state index in [0.717, 1.165) is 5.69 Å². The predicted molar refractivity (Wildman–Crippen MR) is 63.1 cm³/mol. The van der Waals surface area contributed by atoms with Crippen molar-refractivity contribution in [2.24, 2.45) is 0 Å². The molecule has 1 aromatic rings. The van der Waals surface area contributed by atoms with Gasteiger partial charge in [0.2, 0.25) is 0 Å². The maximum Gasteiger partial charge on any atom is 0.328 e. The lowest BCUT2D eigenvalue weighted by Crippen LogP contribution is -2.29. The van der Waals surface area contributed by atoms with Gasteiger partial charge in [-0.15, -0.1) is 0 Å². The molecule has 1 heterocycles. The molecule has 0 aliphatic rings. The molecule has 1 unspecified atom stereocenters. The number of carbonyl (C=O) groups is 1. The molecule has 0 aliphatic heterocycles. The Hall–Kier alpha value is -1.78. The summed E-state index contributed by atoms with van der Waals surface area (Å²) in [5.41, 5.74) is 7.09. The van der Waals surface area contributed by atoms with Gasteiger partial charge in [0.25, 0.3) is 0 Å². The summed E-state index contributed by atoms with van der Waals surface area (Å²) in [5, 5.41) is 2.92. The standard InChI is InChI=1S/C11H17N3O2/c1-4-16-11(15)8(3)14-10-9(12)6-5-7(2)13-10/h5-6,8H,4,12H2,1-3H3,(H,13,14). The Bertz CT molecular complexity index is 379. The lowest BCUT2D eigenvalue weighted by Gasteiger charge is -2.14. The smallest absolute Gasteiger partial charge is 0.328 e. The van der Waals surface area contributed by atoms with E-state index >= 15 is 0 Å². The third kappa shape index (κ3) is 3.12. The highest BCUT2D eigenvalue weighted by atomic mass is 16.5. The van der Waals surface area contributed by atoms with Crippen LogP contribution in [0.15, 0.2) is 12.1 Å². The van der Waals surface area contributed by atoms with Crippen LogP contribution >= 0.6 is 0 Å². The number of hydrogen-bond acceptors (Lipinski definition) is 5. The zero-order valence-corrected chi connectivity index (χ0v) is 9.78. The second-order valence-corrected chi connectivity index (χ2v) is 3.51. The minimum atomic E-state index is -0.462. The normalized spacial score (nSPS) is 11.9. The monoisotopic (exact) mass is 223 g/mol. The number of carbonyl (C=O) groups excluding carboxylic acids is 1. The predicted octanol–water partition coefficient (Wildman–Crippen LogP) is 1.34. The number of nitrogens with two attached hydrogens (primary N) is 1. The number of nitrogens with zero attached hydrogens (tertiary/aromatic N) is 1. The lowest BCUT2D eigenvalue weighted by molar-refractivity contribution is -0.143. The van der Waals surface area contributed by atoms with Crippen LogP contribution in [0.2, 0.25) is 0 Å². The molecule has 0 fully saturated rings. The van der Waals surface area contributed by atoms with Crippen molar-refractivity contribution < 1.29 is 9.53 Å². The fourth-order valence-electron chi connectivity index (χ4n) is 1.21. The zero-order chi connectivity index (χ0) is 12.1. The minimum absolute atomic E-state index is 0.315. The van der Waals surface area contributed by atoms with E-state index in [0.29, 0.717) is 18.1 Å². The molecular formula is C11H17N3O2. The van der Waals surface area contributed by atoms with Crippen LogP contribution in [0.5, 0.6) is 0 Å². The Morgan fingerprint density at radius 3 is 2.94 bits per heavy atom. The number of aryl methyl sites for hydroxylation is 1. The Balaban J connectivity index is 2.72. The number of nitrogens with one attached hydrogen (secondary N) is 1. The highest BCUT2D eigenvalue weighted by Crippen LogP contribution is 2.16. The Kier molecular flexibility index (Phi) is 4.10. The quantitative estimate of drug-likeness (QED) is 0.753. The molecule has 0 radical (unpaired) electrons. The summed E-state index contributed by atoms with van der Waals surface area (Å²) in [5.74, 6) is 0.200. The first-order valence-corrected chi connectivity index (χ1v) is 5.21. The molecule has 5 heteroatoms. The van der Waals surface area contributed by atoms with Gasteiger partial charge in [0.15, 0.2) is 0 Å². The van der Waals surface area contributed by atoms with Crippen molar-refractivity contribution in [2.75, 3.05) is 17.7 Å². The second-order valence-electron chi connectivity index (χ2n) is 3.51. The highest BCUT2D eigenvalue weighted by Gasteiger charge is 2.15. The SMILES string of the molecule is CCOC(=O)C(C)Nc1nc(C)ccc1N. The van der Waals surface area contributed by atoms with Crippen LogP contribution in [0, 0.1) is 6.92 Å². The van der Waals surface area contributed by atoms with E-state index in [2.05, 4.69) is 10.3 Å². The van der Waals surface area contributed by atoms with Crippen LogP contribution in [0.25, 0.3) is 0 Å². The van der Waals surface area contributed by atoms with Crippen molar-refractivity contribution in [3.05, 3.63) is 17.8 Å². The molecule has 0 bridgehead atoms. The van der Waals surface area contributed by atoms with Gasteiger partial charge in [-0.3, -0.25) is 0 Å². The van der Waals surface area contributed by atoms with Crippen molar-refractivity contribution in [3.63, 3.8) is 0 Å². The second kappa shape index (κ2) is 5.34. The average Bonchev–Trinajstić information content (AvgIpc) is 2.23. The Labute approximate surface area is 95.0 Å². The zero-order valence-electron chi connectivity index (χ0n) is 9.78. The molecule has 1 atom stereocenters. The van der Waals surface area contributed by atoms with Crippen LogP contribution in [0.3, 0.4) is 0 Å². The van der Waals surface area contributed by atoms with Crippen LogP contribution < -0.4 is 11.1 Å². The topological polar surface area (TPSA) is 77.2 Å². The fraction of sp³-hybridized carbons (Fsp3) is 0.455. The number of rotatable bonds is 4. The molecule has 1 rings (SSSR count). The number of hydrogen-bond donors (Lipinski definition) is 2. The minimum Gasteiger partial charge on any atom is -0.464 e. The number of pyridine rings is 1. The van der Waals surface area contributed by atoms with Crippen LogP contribution in [0.1, 0.15) is 19.5 Å². The molecule has 0 amide bonds. The molecule has 1 aromatic heterocycles. The van der Waals surface area contributed by atoms with Crippen molar-refractivity contribution in [2.45, 2.75) is 26.8 Å². The molecular weight excluding hydrogens is 206 g/mol. The van der Waals surface area contributed by atoms with Crippen molar-refractivity contribution in [3.8, 4) is 0 Å². The van der Waals surface area contributed by atoms with E-state index in [1.807, 2.05) is 13.0 Å². The summed E-state index contributed by atoms with van der Waals surface area (Å²) in [7, 11) is 0. The molecule has 0 spiro atoms. The summed E-state index contributed by atoms with van der Waals surface area (Å²) >= 11 is 0. The maximum absolute atomic E-state index is 11.4. The summed E-state index contributed by atoms with van der Waals surface area (Å²) in [6.07, 6.45) is 0. The molecule has 3 N–H and O–H groups in total. The van der Waals surface area contributed by atoms with Gasteiger partial charge in [-0.2, -0.15) is 0 Å². The van der Waals surface area contributed by atoms with Crippen LogP contribution in [-0.2, 0) is 9.53 Å². The summed E-state index contributed by atoms with van der Waals surface area (Å²) in [6.45, 7) is 5.70. The van der Waals surface area contributed by atoms with E-state index in [-0.39, 0.29) is 5.97 Å². The Morgan fingerprint density at radius 1 is 1.62 bits per heavy atom. The molecule has 5 nitrogen and oxygen atoms in total. The van der Waals surface area contributed by atoms with Crippen LogP contribution in [-0.4, -0.2) is 23.6 Å².